The maximum atomic E-state index is 12.9. The monoisotopic (exact) mass is 228 g/mol. The molecule has 0 heterocycles. The fourth-order valence-corrected chi connectivity index (χ4v) is 2.18. The summed E-state index contributed by atoms with van der Waals surface area (Å²) in [6.07, 6.45) is 1.88. The van der Waals surface area contributed by atoms with E-state index in [1.807, 2.05) is 0 Å². The Morgan fingerprint density at radius 2 is 2.07 bits per heavy atom. The second kappa shape index (κ2) is 4.08. The predicted octanol–water partition coefficient (Wildman–Crippen LogP) is 2.22. The number of nitrogens with two attached hydrogens (primary N) is 2. The van der Waals surface area contributed by atoms with Gasteiger partial charge in [-0.15, -0.1) is 0 Å². The molecule has 1 aliphatic carbocycles. The summed E-state index contributed by atoms with van der Waals surface area (Å²) in [5, 5.41) is 0.131. The van der Waals surface area contributed by atoms with Crippen LogP contribution in [-0.4, -0.2) is 6.04 Å². The van der Waals surface area contributed by atoms with Crippen LogP contribution in [0.15, 0.2) is 18.2 Å². The Kier molecular flexibility index (Phi) is 2.96. The number of rotatable bonds is 2. The Balaban J connectivity index is 2.12. The van der Waals surface area contributed by atoms with Gasteiger partial charge in [-0.05, 0) is 36.5 Å². The van der Waals surface area contributed by atoms with Crippen LogP contribution in [0.1, 0.15) is 24.4 Å². The lowest BCUT2D eigenvalue weighted by atomic mass is 9.74. The molecular weight excluding hydrogens is 215 g/mol. The van der Waals surface area contributed by atoms with Gasteiger partial charge in [-0.1, -0.05) is 17.7 Å². The first-order valence-corrected chi connectivity index (χ1v) is 5.42. The van der Waals surface area contributed by atoms with Gasteiger partial charge in [-0.2, -0.15) is 0 Å². The van der Waals surface area contributed by atoms with Gasteiger partial charge >= 0.3 is 0 Å². The van der Waals surface area contributed by atoms with E-state index < -0.39 is 5.82 Å². The molecule has 0 aromatic heterocycles. The average Bonchev–Trinajstić information content (AvgIpc) is 2.16. The molecule has 1 aromatic rings. The minimum absolute atomic E-state index is 0.0806. The zero-order chi connectivity index (χ0) is 11.0. The highest BCUT2D eigenvalue weighted by Gasteiger charge is 2.31. The van der Waals surface area contributed by atoms with E-state index in [9.17, 15) is 4.39 Å². The van der Waals surface area contributed by atoms with Gasteiger partial charge in [-0.3, -0.25) is 0 Å². The molecule has 15 heavy (non-hydrogen) atoms. The van der Waals surface area contributed by atoms with Crippen molar-refractivity contribution in [3.05, 3.63) is 34.6 Å². The molecule has 1 unspecified atom stereocenters. The van der Waals surface area contributed by atoms with Crippen LogP contribution < -0.4 is 11.5 Å². The molecule has 82 valence electrons. The third-order valence-electron chi connectivity index (χ3n) is 3.05. The SMILES string of the molecule is NC1CC(C(N)c2ccc(F)c(Cl)c2)C1. The number of hydrogen-bond acceptors (Lipinski definition) is 2. The smallest absolute Gasteiger partial charge is 0.141 e. The first-order chi connectivity index (χ1) is 7.08. The van der Waals surface area contributed by atoms with Gasteiger partial charge in [0.05, 0.1) is 5.02 Å². The van der Waals surface area contributed by atoms with E-state index in [-0.39, 0.29) is 17.1 Å². The summed E-state index contributed by atoms with van der Waals surface area (Å²) in [5.41, 5.74) is 12.6. The van der Waals surface area contributed by atoms with Crippen molar-refractivity contribution >= 4 is 11.6 Å². The molecule has 4 N–H and O–H groups in total. The van der Waals surface area contributed by atoms with Crippen molar-refractivity contribution in [3.8, 4) is 0 Å². The van der Waals surface area contributed by atoms with Crippen LogP contribution in [0.5, 0.6) is 0 Å². The zero-order valence-corrected chi connectivity index (χ0v) is 9.04. The average molecular weight is 229 g/mol. The second-order valence-corrected chi connectivity index (χ2v) is 4.60. The Labute approximate surface area is 93.4 Å². The van der Waals surface area contributed by atoms with E-state index in [2.05, 4.69) is 0 Å². The molecule has 0 radical (unpaired) electrons. The van der Waals surface area contributed by atoms with Crippen molar-refractivity contribution in [3.63, 3.8) is 0 Å². The third-order valence-corrected chi connectivity index (χ3v) is 3.34. The largest absolute Gasteiger partial charge is 0.328 e. The highest BCUT2D eigenvalue weighted by atomic mass is 35.5. The van der Waals surface area contributed by atoms with Gasteiger partial charge in [0.15, 0.2) is 0 Å². The van der Waals surface area contributed by atoms with Crippen molar-refractivity contribution in [2.75, 3.05) is 0 Å². The van der Waals surface area contributed by atoms with Crippen molar-refractivity contribution in [2.45, 2.75) is 24.9 Å². The van der Waals surface area contributed by atoms with Crippen LogP contribution >= 0.6 is 11.6 Å². The Morgan fingerprint density at radius 1 is 1.40 bits per heavy atom. The first kappa shape index (κ1) is 10.9. The highest BCUT2D eigenvalue weighted by Crippen LogP contribution is 2.36. The van der Waals surface area contributed by atoms with Gasteiger partial charge in [-0.25, -0.2) is 4.39 Å². The second-order valence-electron chi connectivity index (χ2n) is 4.19. The van der Waals surface area contributed by atoms with Gasteiger partial charge in [0.25, 0.3) is 0 Å². The van der Waals surface area contributed by atoms with E-state index in [0.29, 0.717) is 5.92 Å². The van der Waals surface area contributed by atoms with Crippen molar-refractivity contribution in [1.29, 1.82) is 0 Å². The number of hydrogen-bond donors (Lipinski definition) is 2. The van der Waals surface area contributed by atoms with Crippen LogP contribution in [-0.2, 0) is 0 Å². The molecule has 1 atom stereocenters. The first-order valence-electron chi connectivity index (χ1n) is 5.04. The van der Waals surface area contributed by atoms with Gasteiger partial charge in [0.2, 0.25) is 0 Å². The van der Waals surface area contributed by atoms with E-state index in [1.165, 1.54) is 6.07 Å². The summed E-state index contributed by atoms with van der Waals surface area (Å²) in [6.45, 7) is 0. The van der Waals surface area contributed by atoms with E-state index >= 15 is 0 Å². The molecule has 0 bridgehead atoms. The zero-order valence-electron chi connectivity index (χ0n) is 8.29. The molecule has 0 amide bonds. The van der Waals surface area contributed by atoms with Crippen molar-refractivity contribution in [1.82, 2.24) is 0 Å². The minimum atomic E-state index is -0.405. The maximum Gasteiger partial charge on any atom is 0.141 e. The molecule has 2 nitrogen and oxygen atoms in total. The number of benzene rings is 1. The topological polar surface area (TPSA) is 52.0 Å². The molecule has 4 heteroatoms. The lowest BCUT2D eigenvalue weighted by Crippen LogP contribution is -2.41. The number of halogens is 2. The van der Waals surface area contributed by atoms with E-state index in [0.717, 1.165) is 18.4 Å². The summed E-state index contributed by atoms with van der Waals surface area (Å²) in [6, 6.07) is 4.84. The molecule has 0 aliphatic heterocycles. The Hall–Kier alpha value is -0.640. The quantitative estimate of drug-likeness (QED) is 0.816. The lowest BCUT2D eigenvalue weighted by molar-refractivity contribution is 0.224. The fraction of sp³-hybridized carbons (Fsp3) is 0.455. The summed E-state index contributed by atoms with van der Waals surface area (Å²) in [7, 11) is 0. The van der Waals surface area contributed by atoms with E-state index in [1.54, 1.807) is 12.1 Å². The van der Waals surface area contributed by atoms with Gasteiger partial charge < -0.3 is 11.5 Å². The van der Waals surface area contributed by atoms with E-state index in [4.69, 9.17) is 23.1 Å². The van der Waals surface area contributed by atoms with Crippen LogP contribution in [0, 0.1) is 11.7 Å². The van der Waals surface area contributed by atoms with Crippen LogP contribution in [0.2, 0.25) is 5.02 Å². The molecular formula is C11H14ClFN2. The standard InChI is InChI=1S/C11H14ClFN2/c12-9-5-6(1-2-10(9)13)11(15)7-3-8(14)4-7/h1-2,5,7-8,11H,3-4,14-15H2. The molecule has 1 saturated carbocycles. The molecule has 1 aromatic carbocycles. The molecule has 2 rings (SSSR count). The lowest BCUT2D eigenvalue weighted by Gasteiger charge is -2.37. The van der Waals surface area contributed by atoms with Crippen molar-refractivity contribution < 1.29 is 4.39 Å². The third kappa shape index (κ3) is 2.14. The van der Waals surface area contributed by atoms with Gasteiger partial charge in [0, 0.05) is 12.1 Å². The summed E-state index contributed by atoms with van der Waals surface area (Å²) < 4.78 is 12.9. The summed E-state index contributed by atoms with van der Waals surface area (Å²) >= 11 is 5.70. The Morgan fingerprint density at radius 3 is 2.60 bits per heavy atom. The van der Waals surface area contributed by atoms with Crippen LogP contribution in [0.25, 0.3) is 0 Å². The minimum Gasteiger partial charge on any atom is -0.328 e. The van der Waals surface area contributed by atoms with Crippen molar-refractivity contribution in [2.24, 2.45) is 17.4 Å². The molecule has 1 fully saturated rings. The van der Waals surface area contributed by atoms with Crippen LogP contribution in [0.4, 0.5) is 4.39 Å². The summed E-state index contributed by atoms with van der Waals surface area (Å²) in [4.78, 5) is 0. The fourth-order valence-electron chi connectivity index (χ4n) is 1.99. The predicted molar refractivity (Wildman–Crippen MR) is 59.0 cm³/mol. The normalized spacial score (nSPS) is 27.2. The van der Waals surface area contributed by atoms with Gasteiger partial charge in [0.1, 0.15) is 5.82 Å². The highest BCUT2D eigenvalue weighted by molar-refractivity contribution is 6.30. The molecule has 0 spiro atoms. The molecule has 1 aliphatic rings. The van der Waals surface area contributed by atoms with Crippen LogP contribution in [0.3, 0.4) is 0 Å². The molecule has 0 saturated heterocycles. The maximum absolute atomic E-state index is 12.9. The summed E-state index contributed by atoms with van der Waals surface area (Å²) in [5.74, 6) is -0.000504. The Bertz CT molecular complexity index is 364.